The molecule has 0 aliphatic heterocycles. The third-order valence-electron chi connectivity index (χ3n) is 5.47. The third kappa shape index (κ3) is 5.07. The zero-order valence-electron chi connectivity index (χ0n) is 18.0. The Bertz CT molecular complexity index is 1290. The van der Waals surface area contributed by atoms with Crippen LogP contribution in [0.2, 0.25) is 5.02 Å². The quantitative estimate of drug-likeness (QED) is 0.305. The van der Waals surface area contributed by atoms with Crippen LogP contribution < -0.4 is 10.3 Å². The summed E-state index contributed by atoms with van der Waals surface area (Å²) < 4.78 is 74.9. The Labute approximate surface area is 195 Å². The fourth-order valence-electron chi connectivity index (χ4n) is 3.67. The highest BCUT2D eigenvalue weighted by Gasteiger charge is 2.53. The van der Waals surface area contributed by atoms with Gasteiger partial charge in [-0.05, 0) is 42.5 Å². The average molecular weight is 503 g/mol. The second kappa shape index (κ2) is 9.71. The average Bonchev–Trinajstić information content (AvgIpc) is 2.76. The molecular formula is C23H20ClF5N2O3. The van der Waals surface area contributed by atoms with Crippen molar-refractivity contribution in [3.05, 3.63) is 69.0 Å². The predicted molar refractivity (Wildman–Crippen MR) is 119 cm³/mol. The number of aromatic nitrogens is 1. The van der Waals surface area contributed by atoms with Crippen molar-refractivity contribution >= 4 is 34.4 Å². The summed E-state index contributed by atoms with van der Waals surface area (Å²) in [7, 11) is 1.20. The van der Waals surface area contributed by atoms with Gasteiger partial charge in [-0.3, -0.25) is 9.79 Å². The first-order valence-corrected chi connectivity index (χ1v) is 10.5. The standard InChI is InChI=1S/C23H20ClF5N2O3/c1-3-12(14-4-6-16(26)20(24)21(14)34-2)10-22(33,23(27,28)29)11-30-17-8-13(25)9-18-15(17)5-7-19(32)31-18/h4-9,11-12,33H,3,10H2,1-2H3,(H,31,32)/t12-,22-/m1/s1. The molecule has 182 valence electrons. The SMILES string of the molecule is CC[C@H](C[C@@](O)(C=Nc1cc(F)cc2[nH]c(=O)ccc12)C(F)(F)F)c1ccc(F)c(Cl)c1OC. The molecule has 3 aromatic rings. The van der Waals surface area contributed by atoms with Gasteiger partial charge in [-0.25, -0.2) is 8.78 Å². The van der Waals surface area contributed by atoms with Crippen molar-refractivity contribution in [2.45, 2.75) is 37.5 Å². The van der Waals surface area contributed by atoms with Gasteiger partial charge >= 0.3 is 6.18 Å². The number of alkyl halides is 3. The summed E-state index contributed by atoms with van der Waals surface area (Å²) in [5, 5.41) is 10.5. The van der Waals surface area contributed by atoms with E-state index in [1.54, 1.807) is 6.92 Å². The van der Waals surface area contributed by atoms with E-state index in [0.29, 0.717) is 6.21 Å². The molecular weight excluding hydrogens is 483 g/mol. The normalized spacial score (nSPS) is 15.0. The number of hydrogen-bond donors (Lipinski definition) is 2. The summed E-state index contributed by atoms with van der Waals surface area (Å²) >= 11 is 5.91. The maximum absolute atomic E-state index is 14.0. The van der Waals surface area contributed by atoms with E-state index in [-0.39, 0.29) is 39.3 Å². The number of ether oxygens (including phenoxy) is 1. The number of nitrogens with one attached hydrogen (secondary N) is 1. The number of aromatic amines is 1. The largest absolute Gasteiger partial charge is 0.495 e. The second-order valence-corrected chi connectivity index (χ2v) is 8.06. The molecule has 0 amide bonds. The molecule has 34 heavy (non-hydrogen) atoms. The van der Waals surface area contributed by atoms with Gasteiger partial charge in [0.1, 0.15) is 22.4 Å². The Balaban J connectivity index is 2.07. The van der Waals surface area contributed by atoms with Crippen molar-refractivity contribution < 1.29 is 31.8 Å². The van der Waals surface area contributed by atoms with Crippen LogP contribution >= 0.6 is 11.6 Å². The maximum Gasteiger partial charge on any atom is 0.422 e. The molecule has 0 radical (unpaired) electrons. The van der Waals surface area contributed by atoms with E-state index in [1.165, 1.54) is 19.2 Å². The minimum Gasteiger partial charge on any atom is -0.495 e. The highest BCUT2D eigenvalue weighted by atomic mass is 35.5. The minimum atomic E-state index is -5.15. The van der Waals surface area contributed by atoms with Gasteiger partial charge in [0.05, 0.1) is 18.3 Å². The van der Waals surface area contributed by atoms with Crippen molar-refractivity contribution in [3.63, 3.8) is 0 Å². The molecule has 0 saturated heterocycles. The molecule has 2 N–H and O–H groups in total. The number of benzene rings is 2. The lowest BCUT2D eigenvalue weighted by atomic mass is 9.84. The molecule has 0 aliphatic rings. The Hall–Kier alpha value is -2.98. The Morgan fingerprint density at radius 1 is 1.21 bits per heavy atom. The monoisotopic (exact) mass is 502 g/mol. The summed E-state index contributed by atoms with van der Waals surface area (Å²) in [5.41, 5.74) is -3.96. The first-order chi connectivity index (χ1) is 15.9. The fourth-order valence-corrected chi connectivity index (χ4v) is 3.92. The van der Waals surface area contributed by atoms with Crippen LogP contribution in [0.5, 0.6) is 5.75 Å². The summed E-state index contributed by atoms with van der Waals surface area (Å²) in [4.78, 5) is 17.6. The molecule has 11 heteroatoms. The summed E-state index contributed by atoms with van der Waals surface area (Å²) in [6.07, 6.45) is -5.63. The molecule has 2 aromatic carbocycles. The summed E-state index contributed by atoms with van der Waals surface area (Å²) in [6.45, 7) is 1.59. The Kier molecular flexibility index (Phi) is 7.32. The van der Waals surface area contributed by atoms with E-state index in [1.807, 2.05) is 0 Å². The smallest absolute Gasteiger partial charge is 0.422 e. The third-order valence-corrected chi connectivity index (χ3v) is 5.82. The van der Waals surface area contributed by atoms with E-state index < -0.39 is 41.3 Å². The van der Waals surface area contributed by atoms with Crippen LogP contribution in [0.4, 0.5) is 27.6 Å². The number of halogens is 6. The first-order valence-electron chi connectivity index (χ1n) is 10.1. The number of rotatable bonds is 7. The van der Waals surface area contributed by atoms with Crippen molar-refractivity contribution in [2.24, 2.45) is 4.99 Å². The van der Waals surface area contributed by atoms with Gasteiger partial charge in [-0.2, -0.15) is 13.2 Å². The molecule has 0 unspecified atom stereocenters. The van der Waals surface area contributed by atoms with Crippen molar-refractivity contribution in [3.8, 4) is 5.75 Å². The van der Waals surface area contributed by atoms with Crippen molar-refractivity contribution in [1.82, 2.24) is 4.98 Å². The fraction of sp³-hybridized carbons (Fsp3) is 0.304. The van der Waals surface area contributed by atoms with Crippen molar-refractivity contribution in [2.75, 3.05) is 7.11 Å². The number of H-pyrrole nitrogens is 1. The lowest BCUT2D eigenvalue weighted by molar-refractivity contribution is -0.232. The number of nitrogens with zero attached hydrogens (tertiary/aromatic N) is 1. The topological polar surface area (TPSA) is 74.7 Å². The molecule has 3 rings (SSSR count). The van der Waals surface area contributed by atoms with Crippen LogP contribution in [0.1, 0.15) is 31.2 Å². The molecule has 5 nitrogen and oxygen atoms in total. The van der Waals surface area contributed by atoms with Crippen LogP contribution in [0, 0.1) is 11.6 Å². The number of pyridine rings is 1. The molecule has 0 spiro atoms. The molecule has 0 aliphatic carbocycles. The maximum atomic E-state index is 14.0. The number of methoxy groups -OCH3 is 1. The molecule has 0 bridgehead atoms. The summed E-state index contributed by atoms with van der Waals surface area (Å²) in [6, 6.07) is 6.54. The lowest BCUT2D eigenvalue weighted by Crippen LogP contribution is -2.47. The van der Waals surface area contributed by atoms with Gasteiger partial charge in [0.25, 0.3) is 0 Å². The van der Waals surface area contributed by atoms with Crippen LogP contribution in [-0.2, 0) is 0 Å². The number of hydrogen-bond acceptors (Lipinski definition) is 4. The molecule has 1 aromatic heterocycles. The zero-order valence-corrected chi connectivity index (χ0v) is 18.8. The van der Waals surface area contributed by atoms with Crippen molar-refractivity contribution in [1.29, 1.82) is 0 Å². The van der Waals surface area contributed by atoms with E-state index >= 15 is 0 Å². The Morgan fingerprint density at radius 3 is 2.53 bits per heavy atom. The molecule has 1 heterocycles. The van der Waals surface area contributed by atoms with Gasteiger partial charge in [-0.1, -0.05) is 24.6 Å². The second-order valence-electron chi connectivity index (χ2n) is 7.68. The molecule has 0 saturated carbocycles. The van der Waals surface area contributed by atoms with Gasteiger partial charge in [0.2, 0.25) is 5.56 Å². The van der Waals surface area contributed by atoms with E-state index in [4.69, 9.17) is 16.3 Å². The van der Waals surface area contributed by atoms with Crippen LogP contribution in [0.25, 0.3) is 10.9 Å². The van der Waals surface area contributed by atoms with Crippen LogP contribution in [0.3, 0.4) is 0 Å². The minimum absolute atomic E-state index is 0.0346. The highest BCUT2D eigenvalue weighted by molar-refractivity contribution is 6.32. The zero-order chi connectivity index (χ0) is 25.3. The molecule has 2 atom stereocenters. The summed E-state index contributed by atoms with van der Waals surface area (Å²) in [5.74, 6) is -2.73. The molecule has 0 fully saturated rings. The number of aliphatic imine (C=N–C) groups is 1. The van der Waals surface area contributed by atoms with Gasteiger partial charge in [-0.15, -0.1) is 0 Å². The van der Waals surface area contributed by atoms with Crippen LogP contribution in [0.15, 0.2) is 46.2 Å². The number of aliphatic hydroxyl groups is 1. The van der Waals surface area contributed by atoms with Crippen LogP contribution in [-0.4, -0.2) is 35.2 Å². The van der Waals surface area contributed by atoms with E-state index in [0.717, 1.165) is 24.3 Å². The van der Waals surface area contributed by atoms with Gasteiger partial charge in [0.15, 0.2) is 5.60 Å². The lowest BCUT2D eigenvalue weighted by Gasteiger charge is -2.31. The predicted octanol–water partition coefficient (Wildman–Crippen LogP) is 6.05. The number of fused-ring (bicyclic) bond motifs is 1. The highest BCUT2D eigenvalue weighted by Crippen LogP contribution is 2.43. The van der Waals surface area contributed by atoms with E-state index in [9.17, 15) is 31.9 Å². The van der Waals surface area contributed by atoms with E-state index in [2.05, 4.69) is 9.98 Å². The van der Waals surface area contributed by atoms with Gasteiger partial charge in [0, 0.05) is 23.7 Å². The Morgan fingerprint density at radius 2 is 1.91 bits per heavy atom. The van der Waals surface area contributed by atoms with Gasteiger partial charge < -0.3 is 14.8 Å². The first kappa shape index (κ1) is 25.6.